The largest absolute Gasteiger partial charge is 0.302 e. The van der Waals surface area contributed by atoms with Gasteiger partial charge >= 0.3 is 0 Å². The standard InChI is InChI=1S/C16H17N3S3/c1-4-12-10-19(7-1)11-14(12)15-16(18-22-17-15)21-9-3-6-13-5-2-8-20-13/h2,5,8,12,14H,1,4,7,9-11H2/t12-,14+/m0/s1. The molecule has 2 aromatic heterocycles. The number of thiophene rings is 1. The third-order valence-electron chi connectivity index (χ3n) is 4.41. The molecule has 2 saturated heterocycles. The van der Waals surface area contributed by atoms with Crippen molar-refractivity contribution >= 4 is 34.8 Å². The Bertz CT molecular complexity index is 683. The van der Waals surface area contributed by atoms with Crippen molar-refractivity contribution < 1.29 is 0 Å². The Morgan fingerprint density at radius 2 is 2.36 bits per heavy atom. The second-order valence-electron chi connectivity index (χ2n) is 5.79. The fourth-order valence-corrected chi connectivity index (χ4v) is 5.52. The van der Waals surface area contributed by atoms with Gasteiger partial charge in [-0.1, -0.05) is 29.7 Å². The zero-order chi connectivity index (χ0) is 14.8. The molecule has 2 fully saturated rings. The molecule has 2 bridgehead atoms. The molecule has 3 nitrogen and oxygen atoms in total. The maximum Gasteiger partial charge on any atom is 0.134 e. The minimum absolute atomic E-state index is 0.592. The van der Waals surface area contributed by atoms with Gasteiger partial charge in [0.25, 0.3) is 0 Å². The van der Waals surface area contributed by atoms with Gasteiger partial charge in [-0.25, -0.2) is 0 Å². The van der Waals surface area contributed by atoms with Crippen molar-refractivity contribution in [1.82, 2.24) is 13.6 Å². The number of nitrogens with zero attached hydrogens (tertiary/aromatic N) is 3. The first kappa shape index (κ1) is 14.7. The summed E-state index contributed by atoms with van der Waals surface area (Å²) in [6.45, 7) is 3.69. The number of aromatic nitrogens is 2. The van der Waals surface area contributed by atoms with Crippen LogP contribution in [0.25, 0.3) is 0 Å². The summed E-state index contributed by atoms with van der Waals surface area (Å²) in [6, 6.07) is 4.10. The molecule has 2 aliphatic heterocycles. The van der Waals surface area contributed by atoms with Gasteiger partial charge in [-0.2, -0.15) is 8.75 Å². The fraction of sp³-hybridized carbons (Fsp3) is 0.500. The number of fused-ring (bicyclic) bond motifs is 2. The van der Waals surface area contributed by atoms with E-state index in [1.807, 2.05) is 6.07 Å². The van der Waals surface area contributed by atoms with E-state index in [1.165, 1.54) is 49.9 Å². The molecule has 0 saturated carbocycles. The van der Waals surface area contributed by atoms with Crippen LogP contribution in [0.1, 0.15) is 29.3 Å². The first-order valence-electron chi connectivity index (χ1n) is 7.60. The Hall–Kier alpha value is -0.870. The molecule has 0 radical (unpaired) electrons. The van der Waals surface area contributed by atoms with E-state index in [-0.39, 0.29) is 0 Å². The highest BCUT2D eigenvalue weighted by Crippen LogP contribution is 2.41. The SMILES string of the molecule is C(#Cc1cccs1)CSc1nsnc1[C@@H]1CN2CCC[C@H]1C2. The van der Waals surface area contributed by atoms with E-state index in [1.54, 1.807) is 23.1 Å². The van der Waals surface area contributed by atoms with Gasteiger partial charge in [-0.3, -0.25) is 0 Å². The van der Waals surface area contributed by atoms with Crippen molar-refractivity contribution in [2.45, 2.75) is 23.8 Å². The van der Waals surface area contributed by atoms with Gasteiger partial charge in [-0.15, -0.1) is 11.3 Å². The first-order chi connectivity index (χ1) is 10.9. The van der Waals surface area contributed by atoms with E-state index < -0.39 is 0 Å². The summed E-state index contributed by atoms with van der Waals surface area (Å²) in [7, 11) is 0. The smallest absolute Gasteiger partial charge is 0.134 e. The van der Waals surface area contributed by atoms with Gasteiger partial charge in [0.15, 0.2) is 0 Å². The maximum atomic E-state index is 4.62. The van der Waals surface area contributed by atoms with Gasteiger partial charge in [-0.05, 0) is 36.8 Å². The first-order valence-corrected chi connectivity index (χ1v) is 10.2. The molecule has 3 atom stereocenters. The van der Waals surface area contributed by atoms with Crippen molar-refractivity contribution in [2.75, 3.05) is 25.4 Å². The molecule has 6 heteroatoms. The van der Waals surface area contributed by atoms with Crippen molar-refractivity contribution in [1.29, 1.82) is 0 Å². The van der Waals surface area contributed by atoms with Crippen LogP contribution >= 0.6 is 34.8 Å². The van der Waals surface area contributed by atoms with Crippen LogP contribution in [0.2, 0.25) is 0 Å². The summed E-state index contributed by atoms with van der Waals surface area (Å²) in [5.41, 5.74) is 1.24. The number of thioether (sulfide) groups is 1. The van der Waals surface area contributed by atoms with E-state index in [0.717, 1.165) is 21.6 Å². The van der Waals surface area contributed by atoms with E-state index in [4.69, 9.17) is 0 Å². The molecule has 0 N–H and O–H groups in total. The third kappa shape index (κ3) is 3.09. The molecule has 114 valence electrons. The van der Waals surface area contributed by atoms with Crippen LogP contribution < -0.4 is 0 Å². The summed E-state index contributed by atoms with van der Waals surface area (Å²) in [6.07, 6.45) is 2.69. The quantitative estimate of drug-likeness (QED) is 0.627. The Morgan fingerprint density at radius 1 is 1.36 bits per heavy atom. The van der Waals surface area contributed by atoms with Crippen LogP contribution in [-0.4, -0.2) is 39.0 Å². The lowest BCUT2D eigenvalue weighted by atomic mass is 9.89. The lowest BCUT2D eigenvalue weighted by molar-refractivity contribution is 0.269. The van der Waals surface area contributed by atoms with Gasteiger partial charge < -0.3 is 4.90 Å². The zero-order valence-corrected chi connectivity index (χ0v) is 14.6. The highest BCUT2D eigenvalue weighted by Gasteiger charge is 2.38. The number of piperidine rings is 1. The topological polar surface area (TPSA) is 29.0 Å². The third-order valence-corrected chi connectivity index (χ3v) is 6.72. The highest BCUT2D eigenvalue weighted by atomic mass is 32.2. The average molecular weight is 348 g/mol. The second kappa shape index (κ2) is 6.71. The highest BCUT2D eigenvalue weighted by molar-refractivity contribution is 7.99. The monoisotopic (exact) mass is 347 g/mol. The predicted molar refractivity (Wildman–Crippen MR) is 93.7 cm³/mol. The van der Waals surface area contributed by atoms with Crippen LogP contribution in [-0.2, 0) is 0 Å². The van der Waals surface area contributed by atoms with Gasteiger partial charge in [0.1, 0.15) is 5.03 Å². The van der Waals surface area contributed by atoms with Crippen molar-refractivity contribution in [3.05, 3.63) is 28.1 Å². The van der Waals surface area contributed by atoms with Crippen molar-refractivity contribution in [3.8, 4) is 11.8 Å². The zero-order valence-electron chi connectivity index (χ0n) is 12.2. The Labute approximate surface area is 143 Å². The predicted octanol–water partition coefficient (Wildman–Crippen LogP) is 3.55. The van der Waals surface area contributed by atoms with Crippen molar-refractivity contribution in [2.24, 2.45) is 5.92 Å². The van der Waals surface area contributed by atoms with Crippen LogP contribution in [0.4, 0.5) is 0 Å². The summed E-state index contributed by atoms with van der Waals surface area (Å²) in [5, 5.41) is 3.18. The molecular weight excluding hydrogens is 330 g/mol. The van der Waals surface area contributed by atoms with Crippen molar-refractivity contribution in [3.63, 3.8) is 0 Å². The Balaban J connectivity index is 1.42. The second-order valence-corrected chi connectivity index (χ2v) is 8.23. The molecule has 0 spiro atoms. The molecule has 4 rings (SSSR count). The van der Waals surface area contributed by atoms with E-state index >= 15 is 0 Å². The molecule has 22 heavy (non-hydrogen) atoms. The lowest BCUT2D eigenvalue weighted by Crippen LogP contribution is -2.25. The summed E-state index contributed by atoms with van der Waals surface area (Å²) in [5.74, 6) is 8.61. The van der Waals surface area contributed by atoms with Gasteiger partial charge in [0, 0.05) is 19.0 Å². The van der Waals surface area contributed by atoms with Crippen LogP contribution in [0, 0.1) is 17.8 Å². The molecule has 0 aliphatic carbocycles. The molecule has 1 unspecified atom stereocenters. The van der Waals surface area contributed by atoms with Gasteiger partial charge in [0.05, 0.1) is 28.1 Å². The molecule has 0 aromatic carbocycles. The van der Waals surface area contributed by atoms with Gasteiger partial charge in [0.2, 0.25) is 0 Å². The normalized spacial score (nSPS) is 26.6. The maximum absolute atomic E-state index is 4.62. The number of hydrogen-bond acceptors (Lipinski definition) is 6. The Kier molecular flexibility index (Phi) is 4.49. The minimum atomic E-state index is 0.592. The van der Waals surface area contributed by atoms with Crippen LogP contribution in [0.15, 0.2) is 22.5 Å². The molecule has 0 amide bonds. The summed E-state index contributed by atoms with van der Waals surface area (Å²) in [4.78, 5) is 3.72. The van der Waals surface area contributed by atoms with E-state index in [2.05, 4.69) is 36.9 Å². The Morgan fingerprint density at radius 3 is 3.23 bits per heavy atom. The molecule has 2 aliphatic rings. The number of rotatable bonds is 3. The van der Waals surface area contributed by atoms with E-state index in [0.29, 0.717) is 5.92 Å². The molecular formula is C16H17N3S3. The molecule has 2 aromatic rings. The minimum Gasteiger partial charge on any atom is -0.302 e. The lowest BCUT2D eigenvalue weighted by Gasteiger charge is -2.21. The molecule has 4 heterocycles. The number of hydrogen-bond donors (Lipinski definition) is 0. The van der Waals surface area contributed by atoms with Crippen LogP contribution in [0.5, 0.6) is 0 Å². The average Bonchev–Trinajstić information content (AvgIpc) is 3.25. The summed E-state index contributed by atoms with van der Waals surface area (Å²) >= 11 is 4.79. The van der Waals surface area contributed by atoms with Crippen LogP contribution in [0.3, 0.4) is 0 Å². The summed E-state index contributed by atoms with van der Waals surface area (Å²) < 4.78 is 9.14. The fourth-order valence-electron chi connectivity index (χ4n) is 3.41. The van der Waals surface area contributed by atoms with E-state index in [9.17, 15) is 0 Å².